The van der Waals surface area contributed by atoms with E-state index in [9.17, 15) is 9.59 Å². The summed E-state index contributed by atoms with van der Waals surface area (Å²) in [7, 11) is 1.55. The summed E-state index contributed by atoms with van der Waals surface area (Å²) >= 11 is 0. The molecular formula is C13H13NO4. The first-order valence-corrected chi connectivity index (χ1v) is 5.41. The molecule has 0 radical (unpaired) electrons. The van der Waals surface area contributed by atoms with Crippen LogP contribution in [0.3, 0.4) is 0 Å². The fourth-order valence-corrected chi connectivity index (χ4v) is 1.80. The maximum Gasteiger partial charge on any atom is 0.308 e. The molecule has 1 heterocycles. The number of hydrogen-bond acceptors (Lipinski definition) is 4. The van der Waals surface area contributed by atoms with Gasteiger partial charge in [0.15, 0.2) is 5.75 Å². The Bertz CT molecular complexity index is 627. The van der Waals surface area contributed by atoms with Crippen LogP contribution in [0.2, 0.25) is 0 Å². The number of carbonyl (C=O) groups is 2. The number of hydrogen-bond donors (Lipinski definition) is 0. The largest absolute Gasteiger partial charge is 0.497 e. The van der Waals surface area contributed by atoms with Gasteiger partial charge in [-0.05, 0) is 18.2 Å². The Morgan fingerprint density at radius 3 is 2.50 bits per heavy atom. The Hall–Kier alpha value is -2.30. The Labute approximate surface area is 104 Å². The van der Waals surface area contributed by atoms with E-state index in [1.165, 1.54) is 24.6 Å². The third kappa shape index (κ3) is 2.07. The molecule has 0 unspecified atom stereocenters. The average molecular weight is 247 g/mol. The predicted octanol–water partition coefficient (Wildman–Crippen LogP) is 2.24. The number of rotatable bonds is 2. The summed E-state index contributed by atoms with van der Waals surface area (Å²) < 4.78 is 11.6. The van der Waals surface area contributed by atoms with E-state index >= 15 is 0 Å². The van der Waals surface area contributed by atoms with Gasteiger partial charge in [0.2, 0.25) is 5.91 Å². The maximum atomic E-state index is 11.5. The number of carbonyl (C=O) groups excluding carboxylic acids is 2. The topological polar surface area (TPSA) is 57.5 Å². The zero-order valence-electron chi connectivity index (χ0n) is 10.4. The van der Waals surface area contributed by atoms with Gasteiger partial charge in [-0.3, -0.25) is 14.2 Å². The van der Waals surface area contributed by atoms with Gasteiger partial charge in [-0.25, -0.2) is 0 Å². The van der Waals surface area contributed by atoms with E-state index in [0.29, 0.717) is 22.4 Å². The van der Waals surface area contributed by atoms with E-state index in [1.54, 1.807) is 25.3 Å². The Balaban J connectivity index is 2.68. The number of ether oxygens (including phenoxy) is 2. The summed E-state index contributed by atoms with van der Waals surface area (Å²) in [5.41, 5.74) is 0.680. The summed E-state index contributed by atoms with van der Waals surface area (Å²) in [5.74, 6) is 0.410. The van der Waals surface area contributed by atoms with Crippen molar-refractivity contribution in [2.75, 3.05) is 7.11 Å². The second-order valence-electron chi connectivity index (χ2n) is 3.86. The highest BCUT2D eigenvalue weighted by Gasteiger charge is 2.14. The lowest BCUT2D eigenvalue weighted by Gasteiger charge is -2.02. The molecule has 0 amide bonds. The van der Waals surface area contributed by atoms with E-state index < -0.39 is 5.97 Å². The SMILES string of the molecule is COc1ccc2c(c1)c(OC(C)=O)cn2C(C)=O. The number of fused-ring (bicyclic) bond motifs is 1. The summed E-state index contributed by atoms with van der Waals surface area (Å²) in [6.07, 6.45) is 1.51. The molecule has 2 rings (SSSR count). The quantitative estimate of drug-likeness (QED) is 0.763. The molecule has 0 fully saturated rings. The van der Waals surface area contributed by atoms with Gasteiger partial charge >= 0.3 is 5.97 Å². The lowest BCUT2D eigenvalue weighted by molar-refractivity contribution is -0.131. The van der Waals surface area contributed by atoms with Crippen LogP contribution in [0, 0.1) is 0 Å². The zero-order valence-corrected chi connectivity index (χ0v) is 10.4. The summed E-state index contributed by atoms with van der Waals surface area (Å²) in [6, 6.07) is 5.23. The van der Waals surface area contributed by atoms with Crippen LogP contribution in [0.15, 0.2) is 24.4 Å². The van der Waals surface area contributed by atoms with Gasteiger partial charge in [-0.2, -0.15) is 0 Å². The number of nitrogens with zero attached hydrogens (tertiary/aromatic N) is 1. The fourth-order valence-electron chi connectivity index (χ4n) is 1.80. The van der Waals surface area contributed by atoms with E-state index in [-0.39, 0.29) is 5.91 Å². The molecule has 18 heavy (non-hydrogen) atoms. The van der Waals surface area contributed by atoms with Crippen molar-refractivity contribution in [3.63, 3.8) is 0 Å². The average Bonchev–Trinajstić information content (AvgIpc) is 2.67. The first-order valence-electron chi connectivity index (χ1n) is 5.41. The van der Waals surface area contributed by atoms with Crippen molar-refractivity contribution in [1.82, 2.24) is 4.57 Å². The molecule has 1 aromatic heterocycles. The number of esters is 1. The number of benzene rings is 1. The van der Waals surface area contributed by atoms with Crippen molar-refractivity contribution < 1.29 is 19.1 Å². The molecular weight excluding hydrogens is 234 g/mol. The van der Waals surface area contributed by atoms with Crippen molar-refractivity contribution in [2.24, 2.45) is 0 Å². The molecule has 0 bridgehead atoms. The zero-order chi connectivity index (χ0) is 13.3. The van der Waals surface area contributed by atoms with Crippen LogP contribution in [0.25, 0.3) is 10.9 Å². The third-order valence-corrected chi connectivity index (χ3v) is 2.57. The Morgan fingerprint density at radius 1 is 1.22 bits per heavy atom. The monoisotopic (exact) mass is 247 g/mol. The fraction of sp³-hybridized carbons (Fsp3) is 0.231. The molecule has 1 aromatic carbocycles. The van der Waals surface area contributed by atoms with Gasteiger partial charge in [0, 0.05) is 19.2 Å². The molecule has 0 aliphatic rings. The Kier molecular flexibility index (Phi) is 3.06. The molecule has 94 valence electrons. The second kappa shape index (κ2) is 4.52. The van der Waals surface area contributed by atoms with Crippen LogP contribution >= 0.6 is 0 Å². The molecule has 0 aliphatic carbocycles. The van der Waals surface area contributed by atoms with Crippen molar-refractivity contribution in [1.29, 1.82) is 0 Å². The van der Waals surface area contributed by atoms with Gasteiger partial charge in [-0.15, -0.1) is 0 Å². The summed E-state index contributed by atoms with van der Waals surface area (Å²) in [5, 5.41) is 0.666. The summed E-state index contributed by atoms with van der Waals surface area (Å²) in [6.45, 7) is 2.76. The van der Waals surface area contributed by atoms with Gasteiger partial charge in [-0.1, -0.05) is 0 Å². The molecule has 0 saturated heterocycles. The molecule has 5 heteroatoms. The van der Waals surface area contributed by atoms with Crippen molar-refractivity contribution in [3.05, 3.63) is 24.4 Å². The minimum absolute atomic E-state index is 0.149. The van der Waals surface area contributed by atoms with Crippen molar-refractivity contribution in [2.45, 2.75) is 13.8 Å². The normalized spacial score (nSPS) is 10.4. The van der Waals surface area contributed by atoms with E-state index in [1.807, 2.05) is 0 Å². The van der Waals surface area contributed by atoms with Crippen LogP contribution in [0.5, 0.6) is 11.5 Å². The molecule has 0 saturated carbocycles. The van der Waals surface area contributed by atoms with Gasteiger partial charge < -0.3 is 9.47 Å². The van der Waals surface area contributed by atoms with Crippen LogP contribution < -0.4 is 9.47 Å². The van der Waals surface area contributed by atoms with Crippen molar-refractivity contribution in [3.8, 4) is 11.5 Å². The first-order chi connectivity index (χ1) is 8.52. The smallest absolute Gasteiger partial charge is 0.308 e. The lowest BCUT2D eigenvalue weighted by Crippen LogP contribution is -2.03. The number of methoxy groups -OCH3 is 1. The second-order valence-corrected chi connectivity index (χ2v) is 3.86. The highest BCUT2D eigenvalue weighted by Crippen LogP contribution is 2.31. The van der Waals surface area contributed by atoms with Gasteiger partial charge in [0.25, 0.3) is 0 Å². The van der Waals surface area contributed by atoms with Gasteiger partial charge in [0.1, 0.15) is 5.75 Å². The molecule has 0 N–H and O–H groups in total. The van der Waals surface area contributed by atoms with Gasteiger partial charge in [0.05, 0.1) is 18.8 Å². The van der Waals surface area contributed by atoms with Crippen molar-refractivity contribution >= 4 is 22.8 Å². The predicted molar refractivity (Wildman–Crippen MR) is 66.1 cm³/mol. The van der Waals surface area contributed by atoms with Crippen LogP contribution in [0.1, 0.15) is 18.6 Å². The lowest BCUT2D eigenvalue weighted by atomic mass is 10.2. The van der Waals surface area contributed by atoms with E-state index in [2.05, 4.69) is 0 Å². The minimum atomic E-state index is -0.430. The number of aromatic nitrogens is 1. The first kappa shape index (κ1) is 12.2. The van der Waals surface area contributed by atoms with E-state index in [4.69, 9.17) is 9.47 Å². The van der Waals surface area contributed by atoms with Crippen LogP contribution in [-0.4, -0.2) is 23.6 Å². The highest BCUT2D eigenvalue weighted by atomic mass is 16.5. The Morgan fingerprint density at radius 2 is 1.94 bits per heavy atom. The maximum absolute atomic E-state index is 11.5. The van der Waals surface area contributed by atoms with Crippen LogP contribution in [-0.2, 0) is 4.79 Å². The molecule has 0 spiro atoms. The third-order valence-electron chi connectivity index (χ3n) is 2.57. The molecule has 0 atom stereocenters. The van der Waals surface area contributed by atoms with E-state index in [0.717, 1.165) is 0 Å². The van der Waals surface area contributed by atoms with Crippen LogP contribution in [0.4, 0.5) is 0 Å². The molecule has 5 nitrogen and oxygen atoms in total. The standard InChI is InChI=1S/C13H13NO4/c1-8(15)14-7-13(18-9(2)16)11-6-10(17-3)4-5-12(11)14/h4-7H,1-3H3. The highest BCUT2D eigenvalue weighted by molar-refractivity contribution is 5.97. The minimum Gasteiger partial charge on any atom is -0.497 e. The molecule has 0 aliphatic heterocycles. The molecule has 2 aromatic rings. The summed E-state index contributed by atoms with van der Waals surface area (Å²) in [4.78, 5) is 22.5.